The number of fused-ring (bicyclic) bond motifs is 1. The standard InChI is InChI=1S/C21H17ClN4O2/c1-13-3-7-17(8-4-13)28-19-9-6-16(22)11-18(19)23-21(27)15-5-10-20-25-24-14(2)26(20)12-15/h3-12H,1-2H3,(H,23,27). The molecular weight excluding hydrogens is 376 g/mol. The van der Waals surface area contributed by atoms with E-state index >= 15 is 0 Å². The summed E-state index contributed by atoms with van der Waals surface area (Å²) in [5.74, 6) is 1.59. The summed E-state index contributed by atoms with van der Waals surface area (Å²) in [5.41, 5.74) is 2.77. The van der Waals surface area contributed by atoms with Crippen molar-refractivity contribution in [2.24, 2.45) is 0 Å². The van der Waals surface area contributed by atoms with Crippen molar-refractivity contribution in [3.63, 3.8) is 0 Å². The van der Waals surface area contributed by atoms with Crippen molar-refractivity contribution in [1.82, 2.24) is 14.6 Å². The molecule has 1 N–H and O–H groups in total. The van der Waals surface area contributed by atoms with Gasteiger partial charge in [-0.05, 0) is 56.3 Å². The molecule has 0 bridgehead atoms. The van der Waals surface area contributed by atoms with Crippen molar-refractivity contribution in [3.05, 3.63) is 82.8 Å². The lowest BCUT2D eigenvalue weighted by atomic mass is 10.2. The first kappa shape index (κ1) is 18.0. The van der Waals surface area contributed by atoms with E-state index in [1.54, 1.807) is 40.9 Å². The summed E-state index contributed by atoms with van der Waals surface area (Å²) in [5, 5.41) is 11.4. The highest BCUT2D eigenvalue weighted by Crippen LogP contribution is 2.32. The Morgan fingerprint density at radius 1 is 1.04 bits per heavy atom. The number of benzene rings is 2. The number of nitrogens with one attached hydrogen (secondary N) is 1. The smallest absolute Gasteiger partial charge is 0.257 e. The van der Waals surface area contributed by atoms with Crippen LogP contribution in [-0.4, -0.2) is 20.5 Å². The van der Waals surface area contributed by atoms with Gasteiger partial charge < -0.3 is 10.1 Å². The molecule has 0 atom stereocenters. The molecule has 4 aromatic rings. The lowest BCUT2D eigenvalue weighted by Crippen LogP contribution is -2.13. The van der Waals surface area contributed by atoms with Gasteiger partial charge in [0.15, 0.2) is 11.4 Å². The number of aryl methyl sites for hydroxylation is 2. The predicted molar refractivity (Wildman–Crippen MR) is 108 cm³/mol. The number of anilines is 1. The van der Waals surface area contributed by atoms with Crippen LogP contribution in [0.5, 0.6) is 11.5 Å². The van der Waals surface area contributed by atoms with Gasteiger partial charge in [0.1, 0.15) is 11.6 Å². The quantitative estimate of drug-likeness (QED) is 0.528. The summed E-state index contributed by atoms with van der Waals surface area (Å²) in [6.07, 6.45) is 1.70. The topological polar surface area (TPSA) is 68.5 Å². The Bertz CT molecular complexity index is 1170. The van der Waals surface area contributed by atoms with Gasteiger partial charge >= 0.3 is 0 Å². The van der Waals surface area contributed by atoms with Crippen LogP contribution in [0.3, 0.4) is 0 Å². The number of hydrogen-bond donors (Lipinski definition) is 1. The molecule has 28 heavy (non-hydrogen) atoms. The van der Waals surface area contributed by atoms with Crippen molar-refractivity contribution in [3.8, 4) is 11.5 Å². The van der Waals surface area contributed by atoms with Crippen LogP contribution in [0.25, 0.3) is 5.65 Å². The first-order chi connectivity index (χ1) is 13.5. The van der Waals surface area contributed by atoms with E-state index in [9.17, 15) is 4.79 Å². The number of pyridine rings is 1. The first-order valence-electron chi connectivity index (χ1n) is 8.66. The molecule has 0 fully saturated rings. The Labute approximate surface area is 166 Å². The number of amides is 1. The van der Waals surface area contributed by atoms with Gasteiger partial charge in [-0.3, -0.25) is 9.20 Å². The SMILES string of the molecule is Cc1ccc(Oc2ccc(Cl)cc2NC(=O)c2ccc3nnc(C)n3c2)cc1. The molecule has 0 spiro atoms. The maximum atomic E-state index is 12.8. The maximum absolute atomic E-state index is 12.8. The summed E-state index contributed by atoms with van der Waals surface area (Å²) >= 11 is 6.13. The number of aromatic nitrogens is 3. The van der Waals surface area contributed by atoms with Gasteiger partial charge in [-0.2, -0.15) is 0 Å². The monoisotopic (exact) mass is 392 g/mol. The van der Waals surface area contributed by atoms with Gasteiger partial charge in [-0.1, -0.05) is 29.3 Å². The second-order valence-electron chi connectivity index (χ2n) is 6.40. The van der Waals surface area contributed by atoms with Crippen molar-refractivity contribution < 1.29 is 9.53 Å². The van der Waals surface area contributed by atoms with Gasteiger partial charge in [-0.15, -0.1) is 10.2 Å². The second-order valence-corrected chi connectivity index (χ2v) is 6.84. The third kappa shape index (κ3) is 3.68. The van der Waals surface area contributed by atoms with Crippen LogP contribution >= 0.6 is 11.6 Å². The second kappa shape index (κ2) is 7.32. The molecule has 1 amide bonds. The number of carbonyl (C=O) groups excluding carboxylic acids is 1. The van der Waals surface area contributed by atoms with Crippen molar-refractivity contribution >= 4 is 28.8 Å². The Balaban J connectivity index is 1.62. The average Bonchev–Trinajstić information content (AvgIpc) is 3.06. The normalized spacial score (nSPS) is 10.8. The predicted octanol–water partition coefficient (Wildman–Crippen LogP) is 5.04. The molecule has 2 aromatic heterocycles. The minimum Gasteiger partial charge on any atom is -0.455 e. The third-order valence-corrected chi connectivity index (χ3v) is 4.51. The molecule has 0 radical (unpaired) electrons. The van der Waals surface area contributed by atoms with Crippen molar-refractivity contribution in [2.45, 2.75) is 13.8 Å². The highest BCUT2D eigenvalue weighted by molar-refractivity contribution is 6.31. The molecule has 0 aliphatic rings. The van der Waals surface area contributed by atoms with Crippen LogP contribution in [-0.2, 0) is 0 Å². The first-order valence-corrected chi connectivity index (χ1v) is 9.04. The third-order valence-electron chi connectivity index (χ3n) is 4.27. The number of halogens is 1. The summed E-state index contributed by atoms with van der Waals surface area (Å²) < 4.78 is 7.70. The van der Waals surface area contributed by atoms with Gasteiger partial charge in [0, 0.05) is 11.2 Å². The Kier molecular flexibility index (Phi) is 4.71. The fourth-order valence-electron chi connectivity index (χ4n) is 2.76. The number of rotatable bonds is 4. The molecule has 140 valence electrons. The summed E-state index contributed by atoms with van der Waals surface area (Å²) in [6, 6.07) is 16.2. The summed E-state index contributed by atoms with van der Waals surface area (Å²) in [7, 11) is 0. The fraction of sp³-hybridized carbons (Fsp3) is 0.0952. The minimum absolute atomic E-state index is 0.286. The number of hydrogen-bond acceptors (Lipinski definition) is 4. The van der Waals surface area contributed by atoms with Crippen molar-refractivity contribution in [2.75, 3.05) is 5.32 Å². The molecule has 0 saturated heterocycles. The van der Waals surface area contributed by atoms with Crippen LogP contribution in [0.2, 0.25) is 5.02 Å². The average molecular weight is 393 g/mol. The van der Waals surface area contributed by atoms with Crippen LogP contribution < -0.4 is 10.1 Å². The Morgan fingerprint density at radius 2 is 1.82 bits per heavy atom. The molecule has 0 aliphatic carbocycles. The van der Waals surface area contributed by atoms with Gasteiger partial charge in [-0.25, -0.2) is 0 Å². The molecule has 6 nitrogen and oxygen atoms in total. The van der Waals surface area contributed by atoms with Crippen LogP contribution in [0, 0.1) is 13.8 Å². The van der Waals surface area contributed by atoms with E-state index in [0.717, 1.165) is 5.56 Å². The summed E-state index contributed by atoms with van der Waals surface area (Å²) in [6.45, 7) is 3.83. The largest absolute Gasteiger partial charge is 0.455 e. The zero-order valence-corrected chi connectivity index (χ0v) is 16.1. The maximum Gasteiger partial charge on any atom is 0.257 e. The van der Waals surface area contributed by atoms with Gasteiger partial charge in [0.05, 0.1) is 11.3 Å². The van der Waals surface area contributed by atoms with E-state index in [4.69, 9.17) is 16.3 Å². The molecule has 4 rings (SSSR count). The molecule has 0 saturated carbocycles. The van der Waals surface area contributed by atoms with E-state index in [1.807, 2.05) is 38.1 Å². The van der Waals surface area contributed by atoms with E-state index in [0.29, 0.717) is 39.2 Å². The number of carbonyl (C=O) groups is 1. The lowest BCUT2D eigenvalue weighted by molar-refractivity contribution is 0.102. The molecule has 2 heterocycles. The van der Waals surface area contributed by atoms with Crippen molar-refractivity contribution in [1.29, 1.82) is 0 Å². The Hall–Kier alpha value is -3.38. The van der Waals surface area contributed by atoms with Crippen LogP contribution in [0.4, 0.5) is 5.69 Å². The Morgan fingerprint density at radius 3 is 2.61 bits per heavy atom. The van der Waals surface area contributed by atoms with E-state index in [2.05, 4.69) is 15.5 Å². The minimum atomic E-state index is -0.286. The zero-order valence-electron chi connectivity index (χ0n) is 15.3. The molecule has 7 heteroatoms. The van der Waals surface area contributed by atoms with E-state index in [-0.39, 0.29) is 5.91 Å². The molecule has 2 aromatic carbocycles. The highest BCUT2D eigenvalue weighted by Gasteiger charge is 2.13. The van der Waals surface area contributed by atoms with Crippen LogP contribution in [0.15, 0.2) is 60.8 Å². The van der Waals surface area contributed by atoms with Gasteiger partial charge in [0.25, 0.3) is 5.91 Å². The van der Waals surface area contributed by atoms with E-state index < -0.39 is 0 Å². The zero-order chi connectivity index (χ0) is 19.7. The number of nitrogens with zero attached hydrogens (tertiary/aromatic N) is 3. The van der Waals surface area contributed by atoms with Gasteiger partial charge in [0.2, 0.25) is 0 Å². The lowest BCUT2D eigenvalue weighted by Gasteiger charge is -2.13. The summed E-state index contributed by atoms with van der Waals surface area (Å²) in [4.78, 5) is 12.8. The number of ether oxygens (including phenoxy) is 1. The van der Waals surface area contributed by atoms with Crippen LogP contribution in [0.1, 0.15) is 21.7 Å². The molecular formula is C21H17ClN4O2. The molecule has 0 unspecified atom stereocenters. The van der Waals surface area contributed by atoms with E-state index in [1.165, 1.54) is 0 Å². The fourth-order valence-corrected chi connectivity index (χ4v) is 2.93. The highest BCUT2D eigenvalue weighted by atomic mass is 35.5. The molecule has 0 aliphatic heterocycles.